The quantitative estimate of drug-likeness (QED) is 0.362. The van der Waals surface area contributed by atoms with Crippen molar-refractivity contribution in [3.05, 3.63) is 48.0 Å². The number of hydrogen-bond acceptors (Lipinski definition) is 4. The third-order valence-electron chi connectivity index (χ3n) is 4.18. The van der Waals surface area contributed by atoms with Gasteiger partial charge in [0.1, 0.15) is 16.4 Å². The maximum Gasteiger partial charge on any atom is 1.00 e. The van der Waals surface area contributed by atoms with E-state index in [1.165, 1.54) is 49.6 Å². The molecule has 5 nitrogen and oxygen atoms in total. The summed E-state index contributed by atoms with van der Waals surface area (Å²) >= 11 is 0. The van der Waals surface area contributed by atoms with Gasteiger partial charge in [0, 0.05) is 0 Å². The zero-order valence-electron chi connectivity index (χ0n) is 16.0. The molecular weight excluding hydrogens is 391 g/mol. The molecule has 2 aromatic carbocycles. The normalized spacial score (nSPS) is 11.0. The Morgan fingerprint density at radius 3 is 2.33 bits per heavy atom. The maximum absolute atomic E-state index is 11.7. The Kier molecular flexibility index (Phi) is 11.1. The average molecular weight is 417 g/mol. The predicted molar refractivity (Wildman–Crippen MR) is 99.3 cm³/mol. The summed E-state index contributed by atoms with van der Waals surface area (Å²) in [5.74, 6) is 0.369. The summed E-state index contributed by atoms with van der Waals surface area (Å²) in [6.45, 7) is 2.17. The van der Waals surface area contributed by atoms with Gasteiger partial charge in [-0.15, -0.1) is 5.75 Å². The zero-order valence-corrected chi connectivity index (χ0v) is 19.9. The molecular formula is C20H25KO5S. The second-order valence-electron chi connectivity index (χ2n) is 6.31. The first-order chi connectivity index (χ1) is 12.4. The molecule has 1 N–H and O–H groups in total. The van der Waals surface area contributed by atoms with Crippen LogP contribution in [0.2, 0.25) is 0 Å². The standard InChI is InChI=1S/C20H26O5S.K/c1-2-3-4-5-6-7-10-16-15-17(21)13-14-18(16)25-19-11-8-9-12-20(19)26(22,23)24;/h8-9,11-15,21H,2-7,10H2,1H3,(H,22,23,24);/q;+1/p-1. The Morgan fingerprint density at radius 1 is 0.963 bits per heavy atom. The van der Waals surface area contributed by atoms with E-state index in [0.29, 0.717) is 12.2 Å². The van der Waals surface area contributed by atoms with Crippen LogP contribution in [-0.4, -0.2) is 13.0 Å². The van der Waals surface area contributed by atoms with Crippen molar-refractivity contribution in [3.63, 3.8) is 0 Å². The summed E-state index contributed by atoms with van der Waals surface area (Å²) in [5.41, 5.74) is 0.748. The fourth-order valence-electron chi connectivity index (χ4n) is 2.81. The van der Waals surface area contributed by atoms with Crippen LogP contribution >= 0.6 is 0 Å². The number of unbranched alkanes of at least 4 members (excludes halogenated alkanes) is 5. The first-order valence-corrected chi connectivity index (χ1v) is 10.4. The molecule has 0 amide bonds. The topological polar surface area (TPSA) is 86.7 Å². The number of hydrogen-bond donors (Lipinski definition) is 1. The van der Waals surface area contributed by atoms with Gasteiger partial charge < -0.3 is 9.84 Å². The van der Waals surface area contributed by atoms with E-state index in [0.717, 1.165) is 24.8 Å². The molecule has 0 heterocycles. The Bertz CT molecular complexity index is 821. The van der Waals surface area contributed by atoms with Gasteiger partial charge in [-0.1, -0.05) is 63.3 Å². The molecule has 7 heteroatoms. The smallest absolute Gasteiger partial charge is 0.872 e. The molecule has 0 unspecified atom stereocenters. The monoisotopic (exact) mass is 416 g/mol. The maximum atomic E-state index is 11.7. The van der Waals surface area contributed by atoms with Crippen molar-refractivity contribution in [3.8, 4) is 17.2 Å². The van der Waals surface area contributed by atoms with E-state index >= 15 is 0 Å². The molecule has 142 valence electrons. The van der Waals surface area contributed by atoms with Crippen LogP contribution in [0.1, 0.15) is 51.0 Å². The van der Waals surface area contributed by atoms with E-state index in [1.54, 1.807) is 12.1 Å². The molecule has 0 saturated carbocycles. The number of para-hydroxylation sites is 1. The number of rotatable bonds is 10. The van der Waals surface area contributed by atoms with Crippen molar-refractivity contribution in [2.24, 2.45) is 0 Å². The second kappa shape index (κ2) is 12.2. The van der Waals surface area contributed by atoms with E-state index < -0.39 is 10.1 Å². The SMILES string of the molecule is CCCCCCCCc1cc([O-])ccc1Oc1ccccc1S(=O)(=O)O.[K+]. The van der Waals surface area contributed by atoms with Crippen molar-refractivity contribution in [2.45, 2.75) is 56.8 Å². The fraction of sp³-hybridized carbons (Fsp3) is 0.400. The van der Waals surface area contributed by atoms with Gasteiger partial charge in [0.2, 0.25) is 0 Å². The molecule has 0 aliphatic rings. The second-order valence-corrected chi connectivity index (χ2v) is 7.70. The van der Waals surface area contributed by atoms with Crippen molar-refractivity contribution in [1.29, 1.82) is 0 Å². The molecule has 0 bridgehead atoms. The Labute approximate surface area is 204 Å². The van der Waals surface area contributed by atoms with Gasteiger partial charge in [0.05, 0.1) is 0 Å². The van der Waals surface area contributed by atoms with Crippen LogP contribution in [0.5, 0.6) is 17.2 Å². The molecule has 2 aromatic rings. The van der Waals surface area contributed by atoms with Crippen molar-refractivity contribution in [2.75, 3.05) is 0 Å². The minimum absolute atomic E-state index is 0. The van der Waals surface area contributed by atoms with Gasteiger partial charge in [-0.2, -0.15) is 8.42 Å². The number of aryl methyl sites for hydroxylation is 1. The van der Waals surface area contributed by atoms with Gasteiger partial charge in [-0.25, -0.2) is 0 Å². The van der Waals surface area contributed by atoms with E-state index in [2.05, 4.69) is 6.92 Å². The minimum atomic E-state index is -4.39. The Hall–Kier alpha value is -0.414. The van der Waals surface area contributed by atoms with Crippen LogP contribution in [0.15, 0.2) is 47.4 Å². The molecule has 0 radical (unpaired) electrons. The van der Waals surface area contributed by atoms with Crippen LogP contribution in [0.25, 0.3) is 0 Å². The fourth-order valence-corrected chi connectivity index (χ4v) is 3.43. The van der Waals surface area contributed by atoms with Gasteiger partial charge in [-0.3, -0.25) is 4.55 Å². The Balaban J connectivity index is 0.00000364. The third-order valence-corrected chi connectivity index (χ3v) is 5.07. The largest absolute Gasteiger partial charge is 1.00 e. The Morgan fingerprint density at radius 2 is 1.63 bits per heavy atom. The average Bonchev–Trinajstić information content (AvgIpc) is 2.59. The molecule has 0 aliphatic heterocycles. The molecule has 0 spiro atoms. The van der Waals surface area contributed by atoms with Gasteiger partial charge in [0.15, 0.2) is 0 Å². The first-order valence-electron chi connectivity index (χ1n) is 8.96. The summed E-state index contributed by atoms with van der Waals surface area (Å²) in [4.78, 5) is -0.295. The van der Waals surface area contributed by atoms with Gasteiger partial charge in [0.25, 0.3) is 10.1 Å². The van der Waals surface area contributed by atoms with Crippen LogP contribution in [0, 0.1) is 0 Å². The zero-order chi connectivity index (χ0) is 19.0. The third kappa shape index (κ3) is 8.23. The first kappa shape index (κ1) is 24.6. The van der Waals surface area contributed by atoms with E-state index in [-0.39, 0.29) is 67.8 Å². The molecule has 2 rings (SSSR count). The van der Waals surface area contributed by atoms with Gasteiger partial charge in [-0.05, 0) is 36.6 Å². The van der Waals surface area contributed by atoms with Crippen LogP contribution < -0.4 is 61.2 Å². The predicted octanol–water partition coefficient (Wildman–Crippen LogP) is 1.71. The molecule has 0 aliphatic carbocycles. The van der Waals surface area contributed by atoms with Gasteiger partial charge >= 0.3 is 51.4 Å². The summed E-state index contributed by atoms with van der Waals surface area (Å²) < 4.78 is 38.1. The summed E-state index contributed by atoms with van der Waals surface area (Å²) in [5, 5.41) is 11.7. The van der Waals surface area contributed by atoms with Crippen molar-refractivity contribution < 1.29 is 74.2 Å². The number of benzene rings is 2. The summed E-state index contributed by atoms with van der Waals surface area (Å²) in [6, 6.07) is 10.3. The van der Waals surface area contributed by atoms with E-state index in [1.807, 2.05) is 0 Å². The molecule has 0 atom stereocenters. The molecule has 0 fully saturated rings. The van der Waals surface area contributed by atoms with Crippen molar-refractivity contribution >= 4 is 10.1 Å². The molecule has 27 heavy (non-hydrogen) atoms. The van der Waals surface area contributed by atoms with E-state index in [9.17, 15) is 18.1 Å². The summed E-state index contributed by atoms with van der Waals surface area (Å²) in [7, 11) is -4.39. The van der Waals surface area contributed by atoms with E-state index in [4.69, 9.17) is 4.74 Å². The van der Waals surface area contributed by atoms with Crippen molar-refractivity contribution in [1.82, 2.24) is 0 Å². The van der Waals surface area contributed by atoms with Crippen LogP contribution in [0.3, 0.4) is 0 Å². The van der Waals surface area contributed by atoms with Crippen LogP contribution in [-0.2, 0) is 16.5 Å². The molecule has 0 saturated heterocycles. The summed E-state index contributed by atoms with van der Waals surface area (Å²) in [6.07, 6.45) is 7.50. The number of ether oxygens (including phenoxy) is 1. The minimum Gasteiger partial charge on any atom is -0.872 e. The molecule has 0 aromatic heterocycles. The van der Waals surface area contributed by atoms with Crippen LogP contribution in [0.4, 0.5) is 0 Å².